The van der Waals surface area contributed by atoms with Crippen LogP contribution in [0.4, 0.5) is 5.13 Å². The van der Waals surface area contributed by atoms with Gasteiger partial charge in [0.15, 0.2) is 9.74 Å². The molecule has 4 rings (SSSR count). The maximum Gasteiger partial charge on any atom is 0.216 e. The monoisotopic (exact) mass is 439 g/mol. The average Bonchev–Trinajstić information content (AvgIpc) is 3.12. The number of H-pyrrole nitrogens is 1. The Morgan fingerprint density at radius 3 is 2.63 bits per heavy atom. The van der Waals surface area contributed by atoms with E-state index < -0.39 is 5.92 Å². The van der Waals surface area contributed by atoms with E-state index >= 15 is 0 Å². The Morgan fingerprint density at radius 2 is 2.07 bits per heavy atom. The van der Waals surface area contributed by atoms with Gasteiger partial charge in [-0.25, -0.2) is 0 Å². The molecule has 0 fully saturated rings. The Hall–Kier alpha value is -2.96. The molecular weight excluding hydrogens is 418 g/mol. The molecular formula is C21H21N5O2S2. The van der Waals surface area contributed by atoms with Crippen molar-refractivity contribution in [2.45, 2.75) is 32.6 Å². The van der Waals surface area contributed by atoms with Crippen LogP contribution in [-0.2, 0) is 4.79 Å². The van der Waals surface area contributed by atoms with E-state index in [-0.39, 0.29) is 17.0 Å². The molecule has 2 aliphatic rings. The second-order valence-electron chi connectivity index (χ2n) is 8.15. The Labute approximate surface area is 183 Å². The fourth-order valence-corrected chi connectivity index (χ4v) is 5.09. The van der Waals surface area contributed by atoms with Crippen LogP contribution in [0.3, 0.4) is 0 Å². The highest BCUT2D eigenvalue weighted by molar-refractivity contribution is 7.73. The lowest BCUT2D eigenvalue weighted by molar-refractivity contribution is -0.118. The molecule has 0 spiro atoms. The molecule has 1 aromatic heterocycles. The number of nitriles is 1. The number of hydrogen-bond donors (Lipinski definition) is 2. The summed E-state index contributed by atoms with van der Waals surface area (Å²) in [6, 6.07) is 9.64. The van der Waals surface area contributed by atoms with Gasteiger partial charge < -0.3 is 10.5 Å². The Kier molecular flexibility index (Phi) is 5.00. The molecule has 1 aromatic carbocycles. The van der Waals surface area contributed by atoms with Gasteiger partial charge >= 0.3 is 0 Å². The van der Waals surface area contributed by atoms with Gasteiger partial charge in [-0.2, -0.15) is 5.26 Å². The molecule has 154 valence electrons. The normalized spacial score (nSPS) is 20.8. The lowest BCUT2D eigenvalue weighted by atomic mass is 9.68. The van der Waals surface area contributed by atoms with Crippen molar-refractivity contribution in [1.29, 1.82) is 5.26 Å². The average molecular weight is 440 g/mol. The second kappa shape index (κ2) is 7.38. The van der Waals surface area contributed by atoms with Gasteiger partial charge in [-0.3, -0.25) is 14.8 Å². The quantitative estimate of drug-likeness (QED) is 0.692. The van der Waals surface area contributed by atoms with E-state index in [1.165, 1.54) is 11.3 Å². The molecule has 30 heavy (non-hydrogen) atoms. The number of nitrogens with one attached hydrogen (secondary N) is 1. The third-order valence-corrected chi connectivity index (χ3v) is 6.52. The maximum atomic E-state index is 13.4. The fraction of sp³-hybridized carbons (Fsp3) is 0.333. The van der Waals surface area contributed by atoms with Crippen molar-refractivity contribution >= 4 is 34.5 Å². The van der Waals surface area contributed by atoms with Crippen LogP contribution < -0.4 is 15.4 Å². The number of carbonyl (C=O) groups excluding carboxylic acids is 1. The number of nitrogens with two attached hydrogens (primary N) is 1. The molecule has 3 N–H and O–H groups in total. The van der Waals surface area contributed by atoms with E-state index in [0.717, 1.165) is 11.3 Å². The topological polar surface area (TPSA) is 108 Å². The number of carbonyl (C=O) groups is 1. The molecule has 2 heterocycles. The summed E-state index contributed by atoms with van der Waals surface area (Å²) >= 11 is 6.45. The summed E-state index contributed by atoms with van der Waals surface area (Å²) in [5.41, 5.74) is 8.83. The summed E-state index contributed by atoms with van der Waals surface area (Å²) in [5.74, 6) is 0.475. The van der Waals surface area contributed by atoms with E-state index in [1.807, 2.05) is 24.3 Å². The van der Waals surface area contributed by atoms with Crippen molar-refractivity contribution < 1.29 is 9.53 Å². The molecule has 1 aliphatic heterocycles. The van der Waals surface area contributed by atoms with Crippen LogP contribution in [0.2, 0.25) is 0 Å². The summed E-state index contributed by atoms with van der Waals surface area (Å²) in [4.78, 5) is 15.1. The zero-order chi connectivity index (χ0) is 21.6. The third kappa shape index (κ3) is 3.32. The first-order chi connectivity index (χ1) is 14.3. The van der Waals surface area contributed by atoms with Crippen molar-refractivity contribution in [3.05, 3.63) is 56.4 Å². The predicted molar refractivity (Wildman–Crippen MR) is 117 cm³/mol. The summed E-state index contributed by atoms with van der Waals surface area (Å²) in [7, 11) is 1.60. The lowest BCUT2D eigenvalue weighted by Crippen LogP contribution is -2.42. The minimum absolute atomic E-state index is 0.0199. The van der Waals surface area contributed by atoms with Gasteiger partial charge in [-0.1, -0.05) is 37.3 Å². The summed E-state index contributed by atoms with van der Waals surface area (Å²) in [6.45, 7) is 4.11. The molecule has 1 atom stereocenters. The van der Waals surface area contributed by atoms with Crippen LogP contribution in [0.5, 0.6) is 5.75 Å². The summed E-state index contributed by atoms with van der Waals surface area (Å²) < 4.78 is 5.75. The molecule has 0 bridgehead atoms. The molecule has 1 unspecified atom stereocenters. The number of ether oxygens (including phenoxy) is 1. The molecule has 0 amide bonds. The number of aromatic amines is 1. The molecule has 9 heteroatoms. The highest BCUT2D eigenvalue weighted by atomic mass is 32.1. The van der Waals surface area contributed by atoms with Gasteiger partial charge in [0.25, 0.3) is 0 Å². The smallest absolute Gasteiger partial charge is 0.216 e. The van der Waals surface area contributed by atoms with E-state index in [2.05, 4.69) is 30.1 Å². The molecule has 0 saturated heterocycles. The van der Waals surface area contributed by atoms with E-state index in [4.69, 9.17) is 22.7 Å². The second-order valence-corrected chi connectivity index (χ2v) is 9.79. The number of Topliss-reactive ketones (excluding diaryl/α,β-unsaturated/α-hetero) is 1. The number of benzene rings is 1. The van der Waals surface area contributed by atoms with E-state index in [1.54, 1.807) is 12.0 Å². The van der Waals surface area contributed by atoms with Gasteiger partial charge in [0.2, 0.25) is 5.13 Å². The van der Waals surface area contributed by atoms with Crippen molar-refractivity contribution in [2.24, 2.45) is 11.1 Å². The van der Waals surface area contributed by atoms with Crippen molar-refractivity contribution in [1.82, 2.24) is 10.2 Å². The lowest BCUT2D eigenvalue weighted by Gasteiger charge is -2.42. The number of nitrogens with zero attached hydrogens (tertiary/aromatic N) is 3. The number of allylic oxidation sites excluding steroid dienone is 3. The van der Waals surface area contributed by atoms with Crippen molar-refractivity contribution in [3.63, 3.8) is 0 Å². The zero-order valence-corrected chi connectivity index (χ0v) is 18.5. The Morgan fingerprint density at radius 1 is 1.37 bits per heavy atom. The third-order valence-electron chi connectivity index (χ3n) is 5.45. The van der Waals surface area contributed by atoms with Gasteiger partial charge in [-0.05, 0) is 41.7 Å². The molecule has 0 saturated carbocycles. The zero-order valence-electron chi connectivity index (χ0n) is 16.9. The maximum absolute atomic E-state index is 13.4. The van der Waals surface area contributed by atoms with Gasteiger partial charge in [0, 0.05) is 17.7 Å². The highest BCUT2D eigenvalue weighted by Gasteiger charge is 2.45. The largest absolute Gasteiger partial charge is 0.497 e. The fourth-order valence-electron chi connectivity index (χ4n) is 4.17. The Balaban J connectivity index is 1.97. The van der Waals surface area contributed by atoms with Crippen LogP contribution >= 0.6 is 23.6 Å². The number of methoxy groups -OCH3 is 1. The first-order valence-corrected chi connectivity index (χ1v) is 10.6. The van der Waals surface area contributed by atoms with Crippen LogP contribution in [0.1, 0.15) is 38.2 Å². The minimum atomic E-state index is -0.525. The number of rotatable bonds is 3. The Bertz CT molecular complexity index is 1180. The van der Waals surface area contributed by atoms with E-state index in [9.17, 15) is 10.1 Å². The molecule has 7 nitrogen and oxygen atoms in total. The number of ketones is 1. The van der Waals surface area contributed by atoms with Gasteiger partial charge in [-0.15, -0.1) is 5.10 Å². The van der Waals surface area contributed by atoms with Crippen LogP contribution in [0.15, 0.2) is 46.9 Å². The van der Waals surface area contributed by atoms with Crippen LogP contribution in [-0.4, -0.2) is 23.1 Å². The van der Waals surface area contributed by atoms with Crippen LogP contribution in [0, 0.1) is 20.7 Å². The van der Waals surface area contributed by atoms with Crippen molar-refractivity contribution in [3.8, 4) is 11.8 Å². The van der Waals surface area contributed by atoms with Crippen LogP contribution in [0.25, 0.3) is 0 Å². The van der Waals surface area contributed by atoms with E-state index in [0.29, 0.717) is 38.8 Å². The summed E-state index contributed by atoms with van der Waals surface area (Å²) in [6.07, 6.45) is 1.04. The SMILES string of the molecule is COc1ccc(C2C(C#N)=C(N)N(c3n[nH]c(=S)s3)C3=C2C(=O)CC(C)(C)C3)cc1. The number of anilines is 1. The predicted octanol–water partition coefficient (Wildman–Crippen LogP) is 4.15. The minimum Gasteiger partial charge on any atom is -0.497 e. The highest BCUT2D eigenvalue weighted by Crippen LogP contribution is 2.50. The standard InChI is InChI=1S/C21H21N5O2S2/c1-21(2)8-14-17(15(27)9-21)16(11-4-6-12(28-3)7-5-11)13(10-22)18(23)26(14)19-24-25-20(29)30-19/h4-7,16H,8-9,23H2,1-3H3,(H,25,29). The first kappa shape index (κ1) is 20.3. The molecule has 1 aliphatic carbocycles. The summed E-state index contributed by atoms with van der Waals surface area (Å²) in [5, 5.41) is 17.6. The molecule has 0 radical (unpaired) electrons. The van der Waals surface area contributed by atoms with Gasteiger partial charge in [0.05, 0.1) is 24.7 Å². The number of hydrogen-bond acceptors (Lipinski definition) is 8. The molecule has 2 aromatic rings. The van der Waals surface area contributed by atoms with Crippen molar-refractivity contribution in [2.75, 3.05) is 12.0 Å². The van der Waals surface area contributed by atoms with Gasteiger partial charge in [0.1, 0.15) is 11.6 Å². The number of aromatic nitrogens is 2. The first-order valence-electron chi connectivity index (χ1n) is 9.41.